The third kappa shape index (κ3) is 2.56. The molecule has 1 amide bonds. The van der Waals surface area contributed by atoms with E-state index in [9.17, 15) is 4.79 Å². The Morgan fingerprint density at radius 2 is 2.17 bits per heavy atom. The first-order valence-electron chi connectivity index (χ1n) is 8.68. The molecule has 24 heavy (non-hydrogen) atoms. The van der Waals surface area contributed by atoms with Crippen molar-refractivity contribution in [2.45, 2.75) is 25.8 Å². The SMILES string of the molecule is CCN1CC[C@]2(CN(Cc3nccs3)C[C@H]2c2ccccc2)C1=O. The number of amides is 1. The van der Waals surface area contributed by atoms with E-state index in [0.717, 1.165) is 44.2 Å². The molecule has 0 saturated carbocycles. The van der Waals surface area contributed by atoms with Gasteiger partial charge in [0, 0.05) is 43.7 Å². The van der Waals surface area contributed by atoms with Gasteiger partial charge in [0.1, 0.15) is 5.01 Å². The third-order valence-electron chi connectivity index (χ3n) is 5.58. The summed E-state index contributed by atoms with van der Waals surface area (Å²) < 4.78 is 0. The first-order valence-corrected chi connectivity index (χ1v) is 9.56. The summed E-state index contributed by atoms with van der Waals surface area (Å²) in [5.74, 6) is 0.628. The first kappa shape index (κ1) is 15.8. The number of aromatic nitrogens is 1. The van der Waals surface area contributed by atoms with E-state index in [-0.39, 0.29) is 11.3 Å². The van der Waals surface area contributed by atoms with Crippen molar-refractivity contribution in [2.75, 3.05) is 26.2 Å². The average Bonchev–Trinajstić information content (AvgIpc) is 3.31. The summed E-state index contributed by atoms with van der Waals surface area (Å²) in [6, 6.07) is 10.6. The molecule has 0 radical (unpaired) electrons. The van der Waals surface area contributed by atoms with Gasteiger partial charge >= 0.3 is 0 Å². The van der Waals surface area contributed by atoms with Gasteiger partial charge in [0.25, 0.3) is 0 Å². The van der Waals surface area contributed by atoms with Crippen LogP contribution in [0.4, 0.5) is 0 Å². The molecule has 0 N–H and O–H groups in total. The summed E-state index contributed by atoms with van der Waals surface area (Å²) in [4.78, 5) is 22.1. The van der Waals surface area contributed by atoms with E-state index < -0.39 is 0 Å². The molecule has 2 saturated heterocycles. The van der Waals surface area contributed by atoms with Gasteiger partial charge in [0.05, 0.1) is 12.0 Å². The Bertz CT molecular complexity index is 703. The minimum Gasteiger partial charge on any atom is -0.342 e. The van der Waals surface area contributed by atoms with E-state index in [4.69, 9.17) is 0 Å². The molecule has 2 aromatic rings. The topological polar surface area (TPSA) is 36.4 Å². The number of benzene rings is 1. The molecule has 4 rings (SSSR count). The molecule has 126 valence electrons. The van der Waals surface area contributed by atoms with Crippen LogP contribution in [0.3, 0.4) is 0 Å². The van der Waals surface area contributed by atoms with Crippen LogP contribution < -0.4 is 0 Å². The molecule has 4 nitrogen and oxygen atoms in total. The number of thiazole rings is 1. The smallest absolute Gasteiger partial charge is 0.230 e. The molecule has 2 atom stereocenters. The number of carbonyl (C=O) groups excluding carboxylic acids is 1. The highest BCUT2D eigenvalue weighted by molar-refractivity contribution is 7.09. The second-order valence-corrected chi connectivity index (χ2v) is 7.83. The van der Waals surface area contributed by atoms with E-state index in [2.05, 4.69) is 41.1 Å². The predicted molar refractivity (Wildman–Crippen MR) is 95.9 cm³/mol. The van der Waals surface area contributed by atoms with Crippen molar-refractivity contribution in [3.63, 3.8) is 0 Å². The van der Waals surface area contributed by atoms with Crippen LogP contribution in [0.15, 0.2) is 41.9 Å². The van der Waals surface area contributed by atoms with E-state index in [1.54, 1.807) is 11.3 Å². The lowest BCUT2D eigenvalue weighted by atomic mass is 9.73. The Kier molecular flexibility index (Phi) is 4.14. The minimum atomic E-state index is -0.255. The van der Waals surface area contributed by atoms with E-state index in [1.807, 2.05) is 22.5 Å². The maximum absolute atomic E-state index is 13.2. The summed E-state index contributed by atoms with van der Waals surface area (Å²) in [5.41, 5.74) is 1.04. The van der Waals surface area contributed by atoms with Gasteiger partial charge in [-0.15, -0.1) is 11.3 Å². The molecule has 1 aromatic carbocycles. The van der Waals surface area contributed by atoms with Crippen molar-refractivity contribution in [1.82, 2.24) is 14.8 Å². The molecular formula is C19H23N3OS. The second kappa shape index (κ2) is 6.30. The first-order chi connectivity index (χ1) is 11.7. The highest BCUT2D eigenvalue weighted by atomic mass is 32.1. The summed E-state index contributed by atoms with van der Waals surface area (Å²) >= 11 is 1.70. The predicted octanol–water partition coefficient (Wildman–Crippen LogP) is 2.98. The van der Waals surface area contributed by atoms with Crippen LogP contribution in [-0.2, 0) is 11.3 Å². The fraction of sp³-hybridized carbons (Fsp3) is 0.474. The van der Waals surface area contributed by atoms with E-state index >= 15 is 0 Å². The normalized spacial score (nSPS) is 27.5. The number of carbonyl (C=O) groups is 1. The van der Waals surface area contributed by atoms with Crippen molar-refractivity contribution >= 4 is 17.2 Å². The van der Waals surface area contributed by atoms with Crippen LogP contribution >= 0.6 is 11.3 Å². The van der Waals surface area contributed by atoms with Gasteiger partial charge in [-0.3, -0.25) is 9.69 Å². The Hall–Kier alpha value is -1.72. The van der Waals surface area contributed by atoms with Crippen LogP contribution in [0, 0.1) is 5.41 Å². The highest BCUT2D eigenvalue weighted by Crippen LogP contribution is 2.50. The highest BCUT2D eigenvalue weighted by Gasteiger charge is 2.56. The molecular weight excluding hydrogens is 318 g/mol. The van der Waals surface area contributed by atoms with E-state index in [1.165, 1.54) is 5.56 Å². The van der Waals surface area contributed by atoms with Crippen LogP contribution in [0.5, 0.6) is 0 Å². The minimum absolute atomic E-state index is 0.255. The molecule has 0 bridgehead atoms. The Balaban J connectivity index is 1.65. The van der Waals surface area contributed by atoms with E-state index in [0.29, 0.717) is 5.91 Å². The van der Waals surface area contributed by atoms with Crippen LogP contribution in [0.1, 0.15) is 29.8 Å². The van der Waals surface area contributed by atoms with Crippen molar-refractivity contribution < 1.29 is 4.79 Å². The number of hydrogen-bond acceptors (Lipinski definition) is 4. The third-order valence-corrected chi connectivity index (χ3v) is 6.34. The zero-order valence-electron chi connectivity index (χ0n) is 14.0. The summed E-state index contributed by atoms with van der Waals surface area (Å²) in [6.45, 7) is 6.42. The van der Waals surface area contributed by atoms with Gasteiger partial charge in [-0.2, -0.15) is 0 Å². The molecule has 0 unspecified atom stereocenters. The van der Waals surface area contributed by atoms with Gasteiger partial charge in [-0.25, -0.2) is 4.98 Å². The lowest BCUT2D eigenvalue weighted by molar-refractivity contribution is -0.136. The summed E-state index contributed by atoms with van der Waals surface area (Å²) in [5, 5.41) is 3.16. The number of hydrogen-bond donors (Lipinski definition) is 0. The molecule has 5 heteroatoms. The van der Waals surface area contributed by atoms with Gasteiger partial charge in [0.2, 0.25) is 5.91 Å². The average molecular weight is 341 g/mol. The molecule has 2 fully saturated rings. The zero-order chi connectivity index (χ0) is 16.6. The Labute approximate surface area is 147 Å². The maximum atomic E-state index is 13.2. The van der Waals surface area contributed by atoms with Crippen molar-refractivity contribution in [3.05, 3.63) is 52.5 Å². The molecule has 1 aromatic heterocycles. The Morgan fingerprint density at radius 1 is 1.33 bits per heavy atom. The van der Waals surface area contributed by atoms with Crippen molar-refractivity contribution in [1.29, 1.82) is 0 Å². The van der Waals surface area contributed by atoms with Gasteiger partial charge in [-0.1, -0.05) is 30.3 Å². The number of rotatable bonds is 4. The fourth-order valence-electron chi connectivity index (χ4n) is 4.39. The van der Waals surface area contributed by atoms with Crippen molar-refractivity contribution in [3.8, 4) is 0 Å². The molecule has 3 heterocycles. The molecule has 0 aliphatic carbocycles. The van der Waals surface area contributed by atoms with Crippen LogP contribution in [0.2, 0.25) is 0 Å². The lowest BCUT2D eigenvalue weighted by Gasteiger charge is -2.29. The largest absolute Gasteiger partial charge is 0.342 e. The van der Waals surface area contributed by atoms with Gasteiger partial charge in [0.15, 0.2) is 0 Å². The molecule has 2 aliphatic rings. The summed E-state index contributed by atoms with van der Waals surface area (Å²) in [6.07, 6.45) is 2.83. The van der Waals surface area contributed by atoms with Gasteiger partial charge in [-0.05, 0) is 18.9 Å². The number of nitrogens with zero attached hydrogens (tertiary/aromatic N) is 3. The van der Waals surface area contributed by atoms with Crippen molar-refractivity contribution in [2.24, 2.45) is 5.41 Å². The monoisotopic (exact) mass is 341 g/mol. The standard InChI is InChI=1S/C19H23N3OS/c1-2-22-10-8-19(18(22)23)14-21(13-17-20-9-11-24-17)12-16(19)15-6-4-3-5-7-15/h3-7,9,11,16H,2,8,10,12-14H2,1H3/t16-,19+/m0/s1. The number of likely N-dealkylation sites (tertiary alicyclic amines) is 2. The van der Waals surface area contributed by atoms with Crippen LogP contribution in [0.25, 0.3) is 0 Å². The molecule has 2 aliphatic heterocycles. The quantitative estimate of drug-likeness (QED) is 0.858. The zero-order valence-corrected chi connectivity index (χ0v) is 14.8. The lowest BCUT2D eigenvalue weighted by Crippen LogP contribution is -2.39. The second-order valence-electron chi connectivity index (χ2n) is 6.85. The Morgan fingerprint density at radius 3 is 2.83 bits per heavy atom. The van der Waals surface area contributed by atoms with Gasteiger partial charge < -0.3 is 4.90 Å². The maximum Gasteiger partial charge on any atom is 0.230 e. The molecule has 1 spiro atoms. The fourth-order valence-corrected chi connectivity index (χ4v) is 5.05. The summed E-state index contributed by atoms with van der Waals surface area (Å²) in [7, 11) is 0. The van der Waals surface area contributed by atoms with Crippen LogP contribution in [-0.4, -0.2) is 46.9 Å².